The Labute approximate surface area is 150 Å². The van der Waals surface area contributed by atoms with Gasteiger partial charge in [0.1, 0.15) is 11.6 Å². The van der Waals surface area contributed by atoms with Gasteiger partial charge in [0.25, 0.3) is 5.91 Å². The number of likely N-dealkylation sites (N-methyl/N-ethyl adjacent to an activating group) is 1. The number of piperidine rings is 1. The predicted octanol–water partition coefficient (Wildman–Crippen LogP) is 2.12. The SMILES string of the molecule is CN1CCC(N(C)C(=O)/C(C#N)=C\Nc2cccc(N(C)C)c2)CC1. The molecular formula is C19H27N5O. The van der Waals surface area contributed by atoms with Gasteiger partial charge in [-0.25, -0.2) is 0 Å². The summed E-state index contributed by atoms with van der Waals surface area (Å²) in [5.74, 6) is -0.228. The Kier molecular flexibility index (Phi) is 6.43. The van der Waals surface area contributed by atoms with Crippen LogP contribution in [0.15, 0.2) is 36.0 Å². The van der Waals surface area contributed by atoms with Crippen molar-refractivity contribution in [2.24, 2.45) is 0 Å². The number of carbonyl (C=O) groups excluding carboxylic acids is 1. The fourth-order valence-electron chi connectivity index (χ4n) is 2.91. The highest BCUT2D eigenvalue weighted by atomic mass is 16.2. The van der Waals surface area contributed by atoms with E-state index in [0.29, 0.717) is 0 Å². The number of benzene rings is 1. The zero-order valence-electron chi connectivity index (χ0n) is 15.5. The molecule has 0 unspecified atom stereocenters. The monoisotopic (exact) mass is 341 g/mol. The number of hydrogen-bond acceptors (Lipinski definition) is 5. The number of carbonyl (C=O) groups is 1. The van der Waals surface area contributed by atoms with Crippen molar-refractivity contribution in [3.05, 3.63) is 36.0 Å². The molecule has 0 spiro atoms. The van der Waals surface area contributed by atoms with Crippen molar-refractivity contribution < 1.29 is 4.79 Å². The number of likely N-dealkylation sites (tertiary alicyclic amines) is 1. The molecule has 25 heavy (non-hydrogen) atoms. The Hall–Kier alpha value is -2.52. The molecule has 0 aliphatic carbocycles. The fourth-order valence-corrected chi connectivity index (χ4v) is 2.91. The smallest absolute Gasteiger partial charge is 0.266 e. The van der Waals surface area contributed by atoms with Crippen molar-refractivity contribution >= 4 is 17.3 Å². The number of anilines is 2. The van der Waals surface area contributed by atoms with E-state index in [9.17, 15) is 10.1 Å². The van der Waals surface area contributed by atoms with Crippen molar-refractivity contribution in [3.8, 4) is 6.07 Å². The lowest BCUT2D eigenvalue weighted by Gasteiger charge is -2.35. The molecule has 1 amide bonds. The van der Waals surface area contributed by atoms with Gasteiger partial charge in [-0.1, -0.05) is 6.07 Å². The van der Waals surface area contributed by atoms with Gasteiger partial charge >= 0.3 is 0 Å². The van der Waals surface area contributed by atoms with E-state index in [-0.39, 0.29) is 17.5 Å². The van der Waals surface area contributed by atoms with E-state index < -0.39 is 0 Å². The number of rotatable bonds is 5. The van der Waals surface area contributed by atoms with Crippen LogP contribution in [0.5, 0.6) is 0 Å². The molecule has 1 N–H and O–H groups in total. The Bertz CT molecular complexity index is 669. The van der Waals surface area contributed by atoms with E-state index in [4.69, 9.17) is 0 Å². The first-order valence-electron chi connectivity index (χ1n) is 8.52. The van der Waals surface area contributed by atoms with Crippen molar-refractivity contribution in [2.45, 2.75) is 18.9 Å². The number of nitriles is 1. The molecule has 1 saturated heterocycles. The topological polar surface area (TPSA) is 62.6 Å². The lowest BCUT2D eigenvalue weighted by molar-refractivity contribution is -0.128. The first kappa shape index (κ1) is 18.8. The molecule has 1 aromatic rings. The molecule has 0 aromatic heterocycles. The first-order valence-corrected chi connectivity index (χ1v) is 8.52. The number of amides is 1. The Morgan fingerprint density at radius 1 is 1.32 bits per heavy atom. The number of nitrogens with one attached hydrogen (secondary N) is 1. The van der Waals surface area contributed by atoms with Crippen molar-refractivity contribution in [2.75, 3.05) is 51.5 Å². The maximum Gasteiger partial charge on any atom is 0.266 e. The minimum atomic E-state index is -0.228. The van der Waals surface area contributed by atoms with Crippen LogP contribution < -0.4 is 10.2 Å². The zero-order valence-corrected chi connectivity index (χ0v) is 15.5. The summed E-state index contributed by atoms with van der Waals surface area (Å²) in [5, 5.41) is 12.5. The third-order valence-corrected chi connectivity index (χ3v) is 4.65. The molecule has 0 atom stereocenters. The minimum Gasteiger partial charge on any atom is -0.378 e. The molecule has 2 rings (SSSR count). The van der Waals surface area contributed by atoms with Crippen LogP contribution in [0.25, 0.3) is 0 Å². The second-order valence-electron chi connectivity index (χ2n) is 6.71. The standard InChI is InChI=1S/C19H27N5O/c1-22(2)18-7-5-6-16(12-18)21-14-15(13-20)19(25)24(4)17-8-10-23(3)11-9-17/h5-7,12,14,17,21H,8-11H2,1-4H3/b15-14-. The van der Waals surface area contributed by atoms with Gasteiger partial charge in [0.05, 0.1) is 0 Å². The average Bonchev–Trinajstić information content (AvgIpc) is 2.62. The molecule has 1 aliphatic heterocycles. The van der Waals surface area contributed by atoms with E-state index in [1.807, 2.05) is 49.3 Å². The Morgan fingerprint density at radius 3 is 2.60 bits per heavy atom. The molecule has 0 saturated carbocycles. The molecule has 1 aliphatic rings. The highest BCUT2D eigenvalue weighted by Crippen LogP contribution is 2.19. The molecule has 6 nitrogen and oxygen atoms in total. The largest absolute Gasteiger partial charge is 0.378 e. The third-order valence-electron chi connectivity index (χ3n) is 4.65. The number of hydrogen-bond donors (Lipinski definition) is 1. The van der Waals surface area contributed by atoms with Gasteiger partial charge < -0.3 is 20.0 Å². The van der Waals surface area contributed by atoms with Crippen molar-refractivity contribution in [1.82, 2.24) is 9.80 Å². The fraction of sp³-hybridized carbons (Fsp3) is 0.474. The summed E-state index contributed by atoms with van der Waals surface area (Å²) in [6.45, 7) is 1.95. The van der Waals surface area contributed by atoms with Crippen LogP contribution in [0.3, 0.4) is 0 Å². The van der Waals surface area contributed by atoms with Crippen molar-refractivity contribution in [1.29, 1.82) is 5.26 Å². The van der Waals surface area contributed by atoms with Gasteiger partial charge in [-0.2, -0.15) is 5.26 Å². The summed E-state index contributed by atoms with van der Waals surface area (Å²) in [7, 11) is 7.81. The van der Waals surface area contributed by atoms with Gasteiger partial charge in [-0.15, -0.1) is 0 Å². The number of nitrogens with zero attached hydrogens (tertiary/aromatic N) is 4. The Morgan fingerprint density at radius 2 is 2.00 bits per heavy atom. The first-order chi connectivity index (χ1) is 11.9. The molecular weight excluding hydrogens is 314 g/mol. The maximum absolute atomic E-state index is 12.6. The lowest BCUT2D eigenvalue weighted by Crippen LogP contribution is -2.44. The zero-order chi connectivity index (χ0) is 18.4. The summed E-state index contributed by atoms with van der Waals surface area (Å²) < 4.78 is 0. The van der Waals surface area contributed by atoms with Crippen LogP contribution in [-0.4, -0.2) is 63.0 Å². The highest BCUT2D eigenvalue weighted by Gasteiger charge is 2.25. The van der Waals surface area contributed by atoms with E-state index >= 15 is 0 Å². The van der Waals surface area contributed by atoms with Crippen LogP contribution in [0, 0.1) is 11.3 Å². The summed E-state index contributed by atoms with van der Waals surface area (Å²) in [6.07, 6.45) is 3.38. The maximum atomic E-state index is 12.6. The van der Waals surface area contributed by atoms with Crippen LogP contribution in [0.4, 0.5) is 11.4 Å². The van der Waals surface area contributed by atoms with E-state index in [1.54, 1.807) is 11.9 Å². The quantitative estimate of drug-likeness (QED) is 0.657. The normalized spacial score (nSPS) is 16.2. The molecule has 1 heterocycles. The molecule has 1 fully saturated rings. The molecule has 0 bridgehead atoms. The summed E-state index contributed by atoms with van der Waals surface area (Å²) in [5.41, 5.74) is 2.01. The molecule has 0 radical (unpaired) electrons. The molecule has 1 aromatic carbocycles. The van der Waals surface area contributed by atoms with Crippen LogP contribution in [-0.2, 0) is 4.79 Å². The average molecular weight is 341 g/mol. The van der Waals surface area contributed by atoms with Gasteiger partial charge in [0, 0.05) is 44.8 Å². The van der Waals surface area contributed by atoms with Crippen LogP contribution in [0.2, 0.25) is 0 Å². The van der Waals surface area contributed by atoms with E-state index in [1.165, 1.54) is 6.20 Å². The van der Waals surface area contributed by atoms with E-state index in [2.05, 4.69) is 17.3 Å². The minimum absolute atomic E-state index is 0.122. The van der Waals surface area contributed by atoms with Gasteiger partial charge in [-0.3, -0.25) is 4.79 Å². The highest BCUT2D eigenvalue weighted by molar-refractivity contribution is 5.97. The second kappa shape index (κ2) is 8.54. The summed E-state index contributed by atoms with van der Waals surface area (Å²) in [6, 6.07) is 10.0. The summed E-state index contributed by atoms with van der Waals surface area (Å²) >= 11 is 0. The molecule has 134 valence electrons. The van der Waals surface area contributed by atoms with Crippen LogP contribution >= 0.6 is 0 Å². The molecule has 6 heteroatoms. The van der Waals surface area contributed by atoms with Crippen LogP contribution in [0.1, 0.15) is 12.8 Å². The van der Waals surface area contributed by atoms with E-state index in [0.717, 1.165) is 37.3 Å². The second-order valence-corrected chi connectivity index (χ2v) is 6.71. The lowest BCUT2D eigenvalue weighted by atomic mass is 10.0. The Balaban J connectivity index is 2.05. The van der Waals surface area contributed by atoms with Gasteiger partial charge in [0.15, 0.2) is 0 Å². The summed E-state index contributed by atoms with van der Waals surface area (Å²) in [4.78, 5) is 18.6. The predicted molar refractivity (Wildman–Crippen MR) is 101 cm³/mol. The van der Waals surface area contributed by atoms with Gasteiger partial charge in [0.2, 0.25) is 0 Å². The third kappa shape index (κ3) is 4.97. The van der Waals surface area contributed by atoms with Crippen molar-refractivity contribution in [3.63, 3.8) is 0 Å². The van der Waals surface area contributed by atoms with Gasteiger partial charge in [-0.05, 0) is 51.2 Å².